The van der Waals surface area contributed by atoms with Crippen molar-refractivity contribution in [2.45, 2.75) is 12.8 Å². The highest BCUT2D eigenvalue weighted by Crippen LogP contribution is 2.30. The van der Waals surface area contributed by atoms with Crippen molar-refractivity contribution >= 4 is 34.0 Å². The lowest BCUT2D eigenvalue weighted by molar-refractivity contribution is -0.116. The summed E-state index contributed by atoms with van der Waals surface area (Å²) in [5, 5.41) is 7.79. The maximum Gasteiger partial charge on any atom is 0.230 e. The van der Waals surface area contributed by atoms with Crippen molar-refractivity contribution in [1.82, 2.24) is 4.98 Å². The molecule has 130 valence electrons. The Kier molecular flexibility index (Phi) is 4.22. The summed E-state index contributed by atoms with van der Waals surface area (Å²) in [4.78, 5) is 28.0. The maximum absolute atomic E-state index is 13.6. The van der Waals surface area contributed by atoms with Crippen molar-refractivity contribution in [3.8, 4) is 11.3 Å². The summed E-state index contributed by atoms with van der Waals surface area (Å²) in [6.45, 7) is 0. The Bertz CT molecular complexity index is 1020. The second kappa shape index (κ2) is 6.68. The molecule has 2 aromatic carbocycles. The molecule has 0 spiro atoms. The third-order valence-corrected chi connectivity index (χ3v) is 4.84. The normalized spacial score (nSPS) is 12.6. The van der Waals surface area contributed by atoms with E-state index in [4.69, 9.17) is 0 Å². The zero-order chi connectivity index (χ0) is 18.1. The van der Waals surface area contributed by atoms with Gasteiger partial charge in [-0.15, -0.1) is 11.3 Å². The van der Waals surface area contributed by atoms with Crippen LogP contribution in [0.4, 0.5) is 15.2 Å². The fourth-order valence-electron chi connectivity index (χ4n) is 2.83. The molecule has 7 heteroatoms. The Labute approximate surface area is 152 Å². The molecule has 0 bridgehead atoms. The van der Waals surface area contributed by atoms with Crippen molar-refractivity contribution in [1.29, 1.82) is 0 Å². The van der Waals surface area contributed by atoms with Crippen molar-refractivity contribution in [2.24, 2.45) is 0 Å². The third-order valence-electron chi connectivity index (χ3n) is 4.09. The van der Waals surface area contributed by atoms with Crippen LogP contribution < -0.4 is 10.6 Å². The number of amides is 2. The first-order valence-corrected chi connectivity index (χ1v) is 8.88. The molecular weight excluding hydrogens is 353 g/mol. The van der Waals surface area contributed by atoms with Crippen molar-refractivity contribution < 1.29 is 14.0 Å². The molecule has 26 heavy (non-hydrogen) atoms. The minimum atomic E-state index is -0.399. The Morgan fingerprint density at radius 2 is 2.12 bits per heavy atom. The molecular formula is C19H14FN3O2S. The predicted molar refractivity (Wildman–Crippen MR) is 98.6 cm³/mol. The summed E-state index contributed by atoms with van der Waals surface area (Å²) in [6, 6.07) is 11.9. The first-order valence-electron chi connectivity index (χ1n) is 8.00. The first kappa shape index (κ1) is 16.4. The van der Waals surface area contributed by atoms with E-state index < -0.39 is 5.82 Å². The van der Waals surface area contributed by atoms with Crippen LogP contribution in [-0.4, -0.2) is 16.8 Å². The molecule has 2 amide bonds. The highest BCUT2D eigenvalue weighted by molar-refractivity contribution is 7.14. The Hall–Kier alpha value is -3.06. The van der Waals surface area contributed by atoms with Crippen LogP contribution in [0, 0.1) is 5.82 Å². The van der Waals surface area contributed by atoms with Crippen LogP contribution in [-0.2, 0) is 22.4 Å². The number of hydrogen-bond acceptors (Lipinski definition) is 4. The SMILES string of the molecule is O=C(Cc1ccccc1F)Nc1nc(-c2ccc3c(c2)CC(=O)N3)cs1. The molecule has 0 saturated carbocycles. The fourth-order valence-corrected chi connectivity index (χ4v) is 3.57. The topological polar surface area (TPSA) is 71.1 Å². The Morgan fingerprint density at radius 3 is 2.96 bits per heavy atom. The molecule has 0 aliphatic carbocycles. The fraction of sp³-hybridized carbons (Fsp3) is 0.105. The van der Waals surface area contributed by atoms with Gasteiger partial charge in [-0.1, -0.05) is 24.3 Å². The summed E-state index contributed by atoms with van der Waals surface area (Å²) < 4.78 is 13.6. The summed E-state index contributed by atoms with van der Waals surface area (Å²) >= 11 is 1.30. The number of carbonyl (C=O) groups is 2. The van der Waals surface area contributed by atoms with Crippen LogP contribution in [0.5, 0.6) is 0 Å². The number of thiazole rings is 1. The third kappa shape index (κ3) is 3.34. The number of nitrogens with zero attached hydrogens (tertiary/aromatic N) is 1. The van der Waals surface area contributed by atoms with Gasteiger partial charge < -0.3 is 10.6 Å². The second-order valence-corrected chi connectivity index (χ2v) is 6.81. The molecule has 5 nitrogen and oxygen atoms in total. The molecule has 0 radical (unpaired) electrons. The highest BCUT2D eigenvalue weighted by Gasteiger charge is 2.18. The molecule has 1 aliphatic rings. The van der Waals surface area contributed by atoms with E-state index in [0.717, 1.165) is 22.5 Å². The molecule has 0 atom stereocenters. The van der Waals surface area contributed by atoms with E-state index in [2.05, 4.69) is 15.6 Å². The maximum atomic E-state index is 13.6. The highest BCUT2D eigenvalue weighted by atomic mass is 32.1. The van der Waals surface area contributed by atoms with Crippen LogP contribution in [0.1, 0.15) is 11.1 Å². The van der Waals surface area contributed by atoms with Gasteiger partial charge in [0.1, 0.15) is 5.82 Å². The number of aromatic nitrogens is 1. The van der Waals surface area contributed by atoms with Gasteiger partial charge in [-0.3, -0.25) is 9.59 Å². The van der Waals surface area contributed by atoms with E-state index >= 15 is 0 Å². The van der Waals surface area contributed by atoms with Crippen LogP contribution in [0.25, 0.3) is 11.3 Å². The van der Waals surface area contributed by atoms with Gasteiger partial charge in [-0.05, 0) is 29.3 Å². The number of carbonyl (C=O) groups excluding carboxylic acids is 2. The number of anilines is 2. The van der Waals surface area contributed by atoms with Gasteiger partial charge in [0.25, 0.3) is 0 Å². The number of hydrogen-bond donors (Lipinski definition) is 2. The van der Waals surface area contributed by atoms with E-state index in [-0.39, 0.29) is 18.2 Å². The van der Waals surface area contributed by atoms with Gasteiger partial charge >= 0.3 is 0 Å². The van der Waals surface area contributed by atoms with E-state index in [1.54, 1.807) is 18.2 Å². The molecule has 0 fully saturated rings. The van der Waals surface area contributed by atoms with Gasteiger partial charge in [-0.2, -0.15) is 0 Å². The van der Waals surface area contributed by atoms with E-state index in [9.17, 15) is 14.0 Å². The quantitative estimate of drug-likeness (QED) is 0.740. The average Bonchev–Trinajstić information content (AvgIpc) is 3.21. The minimum Gasteiger partial charge on any atom is -0.326 e. The van der Waals surface area contributed by atoms with Gasteiger partial charge in [0.2, 0.25) is 11.8 Å². The molecule has 0 saturated heterocycles. The number of nitrogens with one attached hydrogen (secondary N) is 2. The second-order valence-electron chi connectivity index (χ2n) is 5.95. The van der Waals surface area contributed by atoms with E-state index in [0.29, 0.717) is 17.1 Å². The number of fused-ring (bicyclic) bond motifs is 1. The van der Waals surface area contributed by atoms with Gasteiger partial charge in [0.15, 0.2) is 5.13 Å². The van der Waals surface area contributed by atoms with Crippen LogP contribution in [0.15, 0.2) is 47.8 Å². The molecule has 3 aromatic rings. The summed E-state index contributed by atoms with van der Waals surface area (Å²) in [6.07, 6.45) is 0.313. The standard InChI is InChI=1S/C19H14FN3O2S/c20-14-4-2-1-3-11(14)8-18(25)23-19-22-16(10-26-19)12-5-6-15-13(7-12)9-17(24)21-15/h1-7,10H,8-9H2,(H,21,24)(H,22,23,25). The van der Waals surface area contributed by atoms with Crippen LogP contribution >= 0.6 is 11.3 Å². The lowest BCUT2D eigenvalue weighted by atomic mass is 10.1. The van der Waals surface area contributed by atoms with Crippen molar-refractivity contribution in [3.63, 3.8) is 0 Å². The van der Waals surface area contributed by atoms with Gasteiger partial charge in [0, 0.05) is 16.6 Å². The lowest BCUT2D eigenvalue weighted by Gasteiger charge is -2.03. The van der Waals surface area contributed by atoms with Crippen LogP contribution in [0.3, 0.4) is 0 Å². The molecule has 2 N–H and O–H groups in total. The number of rotatable bonds is 4. The number of halogens is 1. The van der Waals surface area contributed by atoms with Crippen LogP contribution in [0.2, 0.25) is 0 Å². The van der Waals surface area contributed by atoms with E-state index in [1.165, 1.54) is 17.4 Å². The van der Waals surface area contributed by atoms with Crippen molar-refractivity contribution in [2.75, 3.05) is 10.6 Å². The Balaban J connectivity index is 1.47. The molecule has 2 heterocycles. The lowest BCUT2D eigenvalue weighted by Crippen LogP contribution is -2.15. The van der Waals surface area contributed by atoms with Gasteiger partial charge in [-0.25, -0.2) is 9.37 Å². The van der Waals surface area contributed by atoms with E-state index in [1.807, 2.05) is 23.6 Å². The van der Waals surface area contributed by atoms with Crippen molar-refractivity contribution in [3.05, 3.63) is 64.8 Å². The summed E-state index contributed by atoms with van der Waals surface area (Å²) in [5.41, 5.74) is 3.71. The first-order chi connectivity index (χ1) is 12.6. The molecule has 0 unspecified atom stereocenters. The predicted octanol–water partition coefficient (Wildman–Crippen LogP) is 3.63. The minimum absolute atomic E-state index is 0.0171. The largest absolute Gasteiger partial charge is 0.326 e. The van der Waals surface area contributed by atoms with Gasteiger partial charge in [0.05, 0.1) is 18.5 Å². The molecule has 1 aromatic heterocycles. The smallest absolute Gasteiger partial charge is 0.230 e. The number of benzene rings is 2. The zero-order valence-corrected chi connectivity index (χ0v) is 14.4. The Morgan fingerprint density at radius 1 is 1.27 bits per heavy atom. The summed E-state index contributed by atoms with van der Waals surface area (Å²) in [7, 11) is 0. The molecule has 4 rings (SSSR count). The zero-order valence-electron chi connectivity index (χ0n) is 13.6. The molecule has 1 aliphatic heterocycles. The monoisotopic (exact) mass is 367 g/mol. The summed E-state index contributed by atoms with van der Waals surface area (Å²) in [5.74, 6) is -0.736. The average molecular weight is 367 g/mol.